The Labute approximate surface area is 168 Å². The minimum atomic E-state index is -3.59. The van der Waals surface area contributed by atoms with Gasteiger partial charge in [0.1, 0.15) is 5.69 Å². The fourth-order valence-corrected chi connectivity index (χ4v) is 4.53. The molecular formula is C20H22N4O4S. The maximum absolute atomic E-state index is 12.5. The number of ether oxygens (including phenoxy) is 1. The molecule has 0 radical (unpaired) electrons. The van der Waals surface area contributed by atoms with Crippen LogP contribution in [0.15, 0.2) is 53.7 Å². The quantitative estimate of drug-likeness (QED) is 0.571. The standard InChI is InChI=1S/C20H22N4O4S/c25-20(19-10-15-12-21-8-7-18(15)23-19)22-11-14-3-5-17(6-4-14)29(26,27)24-16-2-1-9-28-13-16/h3-8,10,12,16,23-24H,1-2,9,11,13H2,(H,22,25). The number of carbonyl (C=O) groups is 1. The zero-order valence-electron chi connectivity index (χ0n) is 15.7. The number of benzene rings is 1. The molecule has 1 aliphatic rings. The molecule has 8 nitrogen and oxygen atoms in total. The monoisotopic (exact) mass is 414 g/mol. The van der Waals surface area contributed by atoms with Gasteiger partial charge in [-0.05, 0) is 42.7 Å². The third kappa shape index (κ3) is 4.64. The first-order valence-corrected chi connectivity index (χ1v) is 10.9. The van der Waals surface area contributed by atoms with Gasteiger partial charge in [-0.2, -0.15) is 0 Å². The van der Waals surface area contributed by atoms with E-state index in [9.17, 15) is 13.2 Å². The minimum Gasteiger partial charge on any atom is -0.380 e. The van der Waals surface area contributed by atoms with Gasteiger partial charge in [0.2, 0.25) is 10.0 Å². The maximum atomic E-state index is 12.5. The van der Waals surface area contributed by atoms with Crippen LogP contribution >= 0.6 is 0 Å². The summed E-state index contributed by atoms with van der Waals surface area (Å²) < 4.78 is 33.0. The van der Waals surface area contributed by atoms with Crippen LogP contribution in [0, 0.1) is 0 Å². The van der Waals surface area contributed by atoms with Gasteiger partial charge in [-0.25, -0.2) is 13.1 Å². The molecule has 1 aliphatic heterocycles. The van der Waals surface area contributed by atoms with Gasteiger partial charge in [-0.15, -0.1) is 0 Å². The van der Waals surface area contributed by atoms with Crippen LogP contribution < -0.4 is 10.0 Å². The molecule has 1 aromatic carbocycles. The summed E-state index contributed by atoms with van der Waals surface area (Å²) in [6, 6.07) is 9.83. The van der Waals surface area contributed by atoms with Crippen molar-refractivity contribution in [2.24, 2.45) is 0 Å². The molecule has 3 aromatic rings. The number of carbonyl (C=O) groups excluding carboxylic acids is 1. The second-order valence-electron chi connectivity index (χ2n) is 7.01. The second kappa shape index (κ2) is 8.32. The van der Waals surface area contributed by atoms with Gasteiger partial charge in [-0.1, -0.05) is 12.1 Å². The summed E-state index contributed by atoms with van der Waals surface area (Å²) in [4.78, 5) is 19.6. The van der Waals surface area contributed by atoms with Crippen molar-refractivity contribution in [2.45, 2.75) is 30.3 Å². The van der Waals surface area contributed by atoms with Crippen molar-refractivity contribution in [3.05, 3.63) is 60.0 Å². The summed E-state index contributed by atoms with van der Waals surface area (Å²) >= 11 is 0. The molecule has 0 aliphatic carbocycles. The van der Waals surface area contributed by atoms with Crippen LogP contribution in [0.25, 0.3) is 10.9 Å². The van der Waals surface area contributed by atoms with Crippen LogP contribution in [0.3, 0.4) is 0 Å². The summed E-state index contributed by atoms with van der Waals surface area (Å²) in [5, 5.41) is 3.69. The fraction of sp³-hybridized carbons (Fsp3) is 0.300. The maximum Gasteiger partial charge on any atom is 0.267 e. The zero-order chi connectivity index (χ0) is 20.3. The largest absolute Gasteiger partial charge is 0.380 e. The predicted molar refractivity (Wildman–Crippen MR) is 108 cm³/mol. The SMILES string of the molecule is O=C(NCc1ccc(S(=O)(=O)NC2CCCOC2)cc1)c1cc2cnccc2[nH]1. The first-order valence-electron chi connectivity index (χ1n) is 9.41. The van der Waals surface area contributed by atoms with Crippen LogP contribution in [-0.4, -0.2) is 43.5 Å². The van der Waals surface area contributed by atoms with E-state index in [1.165, 1.54) is 0 Å². The summed E-state index contributed by atoms with van der Waals surface area (Å²) in [7, 11) is -3.59. The normalized spacial score (nSPS) is 17.3. The van der Waals surface area contributed by atoms with Crippen molar-refractivity contribution in [3.63, 3.8) is 0 Å². The van der Waals surface area contributed by atoms with E-state index in [0.29, 0.717) is 18.9 Å². The number of H-pyrrole nitrogens is 1. The Morgan fingerprint density at radius 2 is 2.07 bits per heavy atom. The van der Waals surface area contributed by atoms with Crippen molar-refractivity contribution >= 4 is 26.8 Å². The number of amides is 1. The summed E-state index contributed by atoms with van der Waals surface area (Å²) in [6.45, 7) is 1.36. The highest BCUT2D eigenvalue weighted by atomic mass is 32.2. The summed E-state index contributed by atoms with van der Waals surface area (Å²) in [5.74, 6) is -0.239. The Morgan fingerprint density at radius 3 is 2.79 bits per heavy atom. The molecule has 0 saturated carbocycles. The number of sulfonamides is 1. The molecule has 0 bridgehead atoms. The van der Waals surface area contributed by atoms with Gasteiger partial charge in [0, 0.05) is 42.5 Å². The van der Waals surface area contributed by atoms with Crippen LogP contribution in [0.4, 0.5) is 0 Å². The number of aromatic nitrogens is 2. The average Bonchev–Trinajstić information content (AvgIpc) is 3.17. The second-order valence-corrected chi connectivity index (χ2v) is 8.72. The Hall–Kier alpha value is -2.75. The van der Waals surface area contributed by atoms with Gasteiger partial charge < -0.3 is 15.0 Å². The number of hydrogen-bond acceptors (Lipinski definition) is 5. The zero-order valence-corrected chi connectivity index (χ0v) is 16.5. The molecule has 1 atom stereocenters. The molecule has 152 valence electrons. The van der Waals surface area contributed by atoms with E-state index in [1.807, 2.05) is 0 Å². The smallest absolute Gasteiger partial charge is 0.267 e. The Morgan fingerprint density at radius 1 is 1.24 bits per heavy atom. The van der Waals surface area contributed by atoms with Gasteiger partial charge in [0.05, 0.1) is 11.5 Å². The highest BCUT2D eigenvalue weighted by Gasteiger charge is 2.22. The lowest BCUT2D eigenvalue weighted by molar-refractivity contribution is 0.0774. The molecule has 4 rings (SSSR count). The van der Waals surface area contributed by atoms with E-state index >= 15 is 0 Å². The van der Waals surface area contributed by atoms with Gasteiger partial charge in [-0.3, -0.25) is 9.78 Å². The lowest BCUT2D eigenvalue weighted by atomic mass is 10.1. The average molecular weight is 414 g/mol. The molecule has 1 saturated heterocycles. The summed E-state index contributed by atoms with van der Waals surface area (Å²) in [5.41, 5.74) is 2.10. The number of hydrogen-bond donors (Lipinski definition) is 3. The molecule has 3 heterocycles. The number of nitrogens with one attached hydrogen (secondary N) is 3. The number of pyridine rings is 1. The van der Waals surface area contributed by atoms with Crippen molar-refractivity contribution in [2.75, 3.05) is 13.2 Å². The van der Waals surface area contributed by atoms with E-state index in [4.69, 9.17) is 4.74 Å². The highest BCUT2D eigenvalue weighted by molar-refractivity contribution is 7.89. The van der Waals surface area contributed by atoms with E-state index in [-0.39, 0.29) is 23.4 Å². The predicted octanol–water partition coefficient (Wildman–Crippen LogP) is 1.95. The lowest BCUT2D eigenvalue weighted by Gasteiger charge is -2.23. The van der Waals surface area contributed by atoms with Crippen molar-refractivity contribution < 1.29 is 17.9 Å². The minimum absolute atomic E-state index is 0.195. The van der Waals surface area contributed by atoms with Crippen LogP contribution in [0.2, 0.25) is 0 Å². The molecule has 1 unspecified atom stereocenters. The fourth-order valence-electron chi connectivity index (χ4n) is 3.28. The van der Waals surface area contributed by atoms with E-state index in [0.717, 1.165) is 29.3 Å². The molecule has 3 N–H and O–H groups in total. The Bertz CT molecular complexity index is 1070. The molecule has 1 fully saturated rings. The topological polar surface area (TPSA) is 113 Å². The van der Waals surface area contributed by atoms with Crippen molar-refractivity contribution in [1.29, 1.82) is 0 Å². The number of nitrogens with zero attached hydrogens (tertiary/aromatic N) is 1. The first kappa shape index (κ1) is 19.6. The number of rotatable bonds is 6. The van der Waals surface area contributed by atoms with E-state index < -0.39 is 10.0 Å². The number of aromatic amines is 1. The van der Waals surface area contributed by atoms with Crippen LogP contribution in [0.5, 0.6) is 0 Å². The molecule has 0 spiro atoms. The number of fused-ring (bicyclic) bond motifs is 1. The van der Waals surface area contributed by atoms with Crippen molar-refractivity contribution in [1.82, 2.24) is 20.0 Å². The Balaban J connectivity index is 1.37. The lowest BCUT2D eigenvalue weighted by Crippen LogP contribution is -2.40. The molecule has 1 amide bonds. The van der Waals surface area contributed by atoms with Crippen molar-refractivity contribution in [3.8, 4) is 0 Å². The first-order chi connectivity index (χ1) is 14.0. The van der Waals surface area contributed by atoms with Crippen LogP contribution in [0.1, 0.15) is 28.9 Å². The Kier molecular flexibility index (Phi) is 5.61. The van der Waals surface area contributed by atoms with Gasteiger partial charge in [0.25, 0.3) is 5.91 Å². The third-order valence-corrected chi connectivity index (χ3v) is 6.37. The molecule has 9 heteroatoms. The van der Waals surface area contributed by atoms with Gasteiger partial charge in [0.15, 0.2) is 0 Å². The summed E-state index contributed by atoms with van der Waals surface area (Å²) in [6.07, 6.45) is 4.97. The van der Waals surface area contributed by atoms with Crippen LogP contribution in [-0.2, 0) is 21.3 Å². The van der Waals surface area contributed by atoms with E-state index in [1.54, 1.807) is 48.8 Å². The van der Waals surface area contributed by atoms with Gasteiger partial charge >= 0.3 is 0 Å². The highest BCUT2D eigenvalue weighted by Crippen LogP contribution is 2.15. The third-order valence-electron chi connectivity index (χ3n) is 4.83. The molecule has 29 heavy (non-hydrogen) atoms. The van der Waals surface area contributed by atoms with E-state index in [2.05, 4.69) is 20.0 Å². The molecule has 2 aromatic heterocycles. The molecular weight excluding hydrogens is 392 g/mol.